The van der Waals surface area contributed by atoms with Crippen molar-refractivity contribution in [2.75, 3.05) is 33.5 Å². The Hall–Kier alpha value is -1.14. The number of aliphatic hydroxyl groups is 1. The molecule has 0 spiro atoms. The van der Waals surface area contributed by atoms with Gasteiger partial charge in [-0.3, -0.25) is 0 Å². The fourth-order valence-corrected chi connectivity index (χ4v) is 1.70. The van der Waals surface area contributed by atoms with Crippen LogP contribution >= 0.6 is 0 Å². The third kappa shape index (κ3) is 8.67. The van der Waals surface area contributed by atoms with Crippen molar-refractivity contribution >= 4 is 0 Å². The summed E-state index contributed by atoms with van der Waals surface area (Å²) in [6.45, 7) is 6.66. The van der Waals surface area contributed by atoms with Gasteiger partial charge in [0.15, 0.2) is 0 Å². The molecule has 21 heavy (non-hydrogen) atoms. The van der Waals surface area contributed by atoms with Crippen molar-refractivity contribution in [3.8, 4) is 5.75 Å². The van der Waals surface area contributed by atoms with Gasteiger partial charge in [0.25, 0.3) is 0 Å². The molecule has 0 radical (unpaired) electrons. The Labute approximate surface area is 127 Å². The molecule has 120 valence electrons. The first kappa shape index (κ1) is 17.9. The summed E-state index contributed by atoms with van der Waals surface area (Å²) in [6.07, 6.45) is -0.503. The van der Waals surface area contributed by atoms with Gasteiger partial charge in [0.1, 0.15) is 18.5 Å². The van der Waals surface area contributed by atoms with Crippen LogP contribution in [-0.2, 0) is 16.0 Å². The molecule has 0 saturated heterocycles. The van der Waals surface area contributed by atoms with Gasteiger partial charge in [-0.05, 0) is 31.5 Å². The molecule has 0 heterocycles. The fourth-order valence-electron chi connectivity index (χ4n) is 1.70. The second kappa shape index (κ2) is 10.6. The molecule has 0 fully saturated rings. The van der Waals surface area contributed by atoms with Gasteiger partial charge >= 0.3 is 0 Å². The van der Waals surface area contributed by atoms with Crippen molar-refractivity contribution < 1.29 is 19.3 Å². The zero-order valence-electron chi connectivity index (χ0n) is 13.2. The molecule has 0 aliphatic rings. The van der Waals surface area contributed by atoms with E-state index in [1.807, 2.05) is 38.1 Å². The molecule has 1 aromatic carbocycles. The summed E-state index contributed by atoms with van der Waals surface area (Å²) >= 11 is 0. The summed E-state index contributed by atoms with van der Waals surface area (Å²) in [4.78, 5) is 0. The topological polar surface area (TPSA) is 60.0 Å². The number of aliphatic hydroxyl groups excluding tert-OH is 1. The fraction of sp³-hybridized carbons (Fsp3) is 0.625. The lowest BCUT2D eigenvalue weighted by Crippen LogP contribution is -2.25. The molecule has 1 unspecified atom stereocenters. The van der Waals surface area contributed by atoms with Gasteiger partial charge in [0.05, 0.1) is 19.3 Å². The zero-order valence-corrected chi connectivity index (χ0v) is 13.2. The van der Waals surface area contributed by atoms with E-state index < -0.39 is 6.10 Å². The number of ether oxygens (including phenoxy) is 3. The third-order valence-corrected chi connectivity index (χ3v) is 2.77. The molecule has 0 aliphatic heterocycles. The highest BCUT2D eigenvalue weighted by atomic mass is 16.5. The minimum absolute atomic E-state index is 0.112. The van der Waals surface area contributed by atoms with Crippen LogP contribution in [0, 0.1) is 0 Å². The highest BCUT2D eigenvalue weighted by Gasteiger charge is 2.07. The summed E-state index contributed by atoms with van der Waals surface area (Å²) < 4.78 is 15.9. The van der Waals surface area contributed by atoms with E-state index in [1.54, 1.807) is 7.11 Å². The first-order chi connectivity index (χ1) is 10.1. The molecule has 5 heteroatoms. The van der Waals surface area contributed by atoms with Crippen LogP contribution in [0.5, 0.6) is 5.75 Å². The predicted molar refractivity (Wildman–Crippen MR) is 82.6 cm³/mol. The smallest absolute Gasteiger partial charge is 0.119 e. The van der Waals surface area contributed by atoms with Gasteiger partial charge in [-0.25, -0.2) is 0 Å². The van der Waals surface area contributed by atoms with Crippen molar-refractivity contribution in [3.05, 3.63) is 29.8 Å². The van der Waals surface area contributed by atoms with E-state index in [-0.39, 0.29) is 19.3 Å². The summed E-state index contributed by atoms with van der Waals surface area (Å²) in [5.74, 6) is 0.754. The lowest BCUT2D eigenvalue weighted by molar-refractivity contribution is -0.0122. The molecular formula is C16H27NO4. The first-order valence-electron chi connectivity index (χ1n) is 7.33. The normalized spacial score (nSPS) is 12.6. The van der Waals surface area contributed by atoms with Gasteiger partial charge < -0.3 is 24.6 Å². The molecular weight excluding hydrogens is 270 g/mol. The highest BCUT2D eigenvalue weighted by molar-refractivity contribution is 5.28. The molecule has 0 bridgehead atoms. The maximum atomic E-state index is 9.75. The Morgan fingerprint density at radius 2 is 2.05 bits per heavy atom. The van der Waals surface area contributed by atoms with E-state index in [4.69, 9.17) is 14.2 Å². The van der Waals surface area contributed by atoms with E-state index in [0.29, 0.717) is 6.61 Å². The van der Waals surface area contributed by atoms with Crippen molar-refractivity contribution in [1.29, 1.82) is 0 Å². The number of hydrogen-bond acceptors (Lipinski definition) is 5. The van der Waals surface area contributed by atoms with Crippen LogP contribution in [0.25, 0.3) is 0 Å². The van der Waals surface area contributed by atoms with E-state index in [1.165, 1.54) is 0 Å². The summed E-state index contributed by atoms with van der Waals surface area (Å²) in [5, 5.41) is 13.0. The van der Waals surface area contributed by atoms with Crippen LogP contribution in [0.4, 0.5) is 0 Å². The maximum Gasteiger partial charge on any atom is 0.119 e. The second-order valence-electron chi connectivity index (χ2n) is 5.16. The number of rotatable bonds is 11. The van der Waals surface area contributed by atoms with Gasteiger partial charge in [0, 0.05) is 20.2 Å². The molecule has 0 aromatic heterocycles. The summed E-state index contributed by atoms with van der Waals surface area (Å²) in [5.41, 5.74) is 1.14. The monoisotopic (exact) mass is 297 g/mol. The Bertz CT molecular complexity index is 384. The number of hydrogen-bond donors (Lipinski definition) is 2. The molecule has 5 nitrogen and oxygen atoms in total. The van der Waals surface area contributed by atoms with E-state index >= 15 is 0 Å². The second-order valence-corrected chi connectivity index (χ2v) is 5.16. The number of methoxy groups -OCH3 is 1. The van der Waals surface area contributed by atoms with E-state index in [0.717, 1.165) is 24.4 Å². The van der Waals surface area contributed by atoms with Crippen LogP contribution in [-0.4, -0.2) is 50.8 Å². The molecule has 1 rings (SSSR count). The molecule has 1 atom stereocenters. The van der Waals surface area contributed by atoms with Crippen LogP contribution in [0.1, 0.15) is 19.4 Å². The third-order valence-electron chi connectivity index (χ3n) is 2.77. The highest BCUT2D eigenvalue weighted by Crippen LogP contribution is 2.13. The van der Waals surface area contributed by atoms with Crippen LogP contribution in [0.2, 0.25) is 0 Å². The molecule has 1 aromatic rings. The predicted octanol–water partition coefficient (Wildman–Crippen LogP) is 1.59. The molecule has 0 aliphatic carbocycles. The standard InChI is InChI=1S/C16H27NO4/c1-13(2)20-11-15(18)12-21-16-6-4-5-14(9-16)10-17-7-8-19-3/h4-6,9,13,15,17-18H,7-8,10-12H2,1-3H3. The van der Waals surface area contributed by atoms with Gasteiger partial charge in [-0.15, -0.1) is 0 Å². The summed E-state index contributed by atoms with van der Waals surface area (Å²) in [7, 11) is 1.68. The van der Waals surface area contributed by atoms with Crippen molar-refractivity contribution in [2.24, 2.45) is 0 Å². The number of benzene rings is 1. The average molecular weight is 297 g/mol. The molecule has 0 amide bonds. The maximum absolute atomic E-state index is 9.75. The van der Waals surface area contributed by atoms with Crippen LogP contribution in [0.15, 0.2) is 24.3 Å². The van der Waals surface area contributed by atoms with Gasteiger partial charge in [-0.2, -0.15) is 0 Å². The Kier molecular flexibility index (Phi) is 9.01. The SMILES string of the molecule is COCCNCc1cccc(OCC(O)COC(C)C)c1. The quantitative estimate of drug-likeness (QED) is 0.607. The summed E-state index contributed by atoms with van der Waals surface area (Å²) in [6, 6.07) is 7.83. The van der Waals surface area contributed by atoms with E-state index in [9.17, 15) is 5.11 Å². The molecule has 2 N–H and O–H groups in total. The molecule has 0 saturated carbocycles. The van der Waals surface area contributed by atoms with Crippen molar-refractivity contribution in [1.82, 2.24) is 5.32 Å². The minimum atomic E-state index is -0.615. The van der Waals surface area contributed by atoms with Crippen LogP contribution < -0.4 is 10.1 Å². The number of nitrogens with one attached hydrogen (secondary N) is 1. The van der Waals surface area contributed by atoms with E-state index in [2.05, 4.69) is 5.32 Å². The Morgan fingerprint density at radius 3 is 2.76 bits per heavy atom. The Morgan fingerprint density at radius 1 is 1.24 bits per heavy atom. The zero-order chi connectivity index (χ0) is 15.5. The van der Waals surface area contributed by atoms with Crippen molar-refractivity contribution in [2.45, 2.75) is 32.6 Å². The lowest BCUT2D eigenvalue weighted by atomic mass is 10.2. The lowest BCUT2D eigenvalue weighted by Gasteiger charge is -2.15. The largest absolute Gasteiger partial charge is 0.491 e. The first-order valence-corrected chi connectivity index (χ1v) is 7.33. The Balaban J connectivity index is 2.31. The van der Waals surface area contributed by atoms with Gasteiger partial charge in [0.2, 0.25) is 0 Å². The van der Waals surface area contributed by atoms with Crippen molar-refractivity contribution in [3.63, 3.8) is 0 Å². The minimum Gasteiger partial charge on any atom is -0.491 e. The van der Waals surface area contributed by atoms with Crippen LogP contribution in [0.3, 0.4) is 0 Å². The average Bonchev–Trinajstić information content (AvgIpc) is 2.48. The van der Waals surface area contributed by atoms with Gasteiger partial charge in [-0.1, -0.05) is 12.1 Å².